The maximum Gasteiger partial charge on any atom is 0.262 e. The number of nitrogens with zero attached hydrogens (tertiary/aromatic N) is 1. The van der Waals surface area contributed by atoms with Crippen LogP contribution in [0.2, 0.25) is 0 Å². The van der Waals surface area contributed by atoms with E-state index in [4.69, 9.17) is 10.00 Å². The van der Waals surface area contributed by atoms with Crippen LogP contribution < -0.4 is 10.1 Å². The molecule has 0 unspecified atom stereocenters. The van der Waals surface area contributed by atoms with Crippen LogP contribution in [0.3, 0.4) is 0 Å². The molecule has 0 aliphatic rings. The van der Waals surface area contributed by atoms with Crippen LogP contribution >= 0.6 is 27.7 Å². The molecule has 3 rings (SSSR count). The molecule has 0 spiro atoms. The number of thioether (sulfide) groups is 1. The van der Waals surface area contributed by atoms with Crippen LogP contribution in [0.4, 0.5) is 5.69 Å². The molecule has 6 heteroatoms. The van der Waals surface area contributed by atoms with Gasteiger partial charge in [0.2, 0.25) is 0 Å². The smallest absolute Gasteiger partial charge is 0.262 e. The molecule has 0 aliphatic heterocycles. The van der Waals surface area contributed by atoms with Gasteiger partial charge in [0.15, 0.2) is 6.61 Å². The number of hydrogen-bond donors (Lipinski definition) is 1. The highest BCUT2D eigenvalue weighted by molar-refractivity contribution is 9.10. The highest BCUT2D eigenvalue weighted by Gasteiger charge is 2.10. The lowest BCUT2D eigenvalue weighted by molar-refractivity contribution is -0.118. The van der Waals surface area contributed by atoms with Gasteiger partial charge in [-0.25, -0.2) is 0 Å². The van der Waals surface area contributed by atoms with Crippen molar-refractivity contribution in [3.63, 3.8) is 0 Å². The fourth-order valence-corrected chi connectivity index (χ4v) is 4.03. The number of amides is 1. The molecule has 3 aromatic carbocycles. The van der Waals surface area contributed by atoms with Crippen molar-refractivity contribution in [1.82, 2.24) is 0 Å². The zero-order valence-electron chi connectivity index (χ0n) is 14.4. The average Bonchev–Trinajstić information content (AvgIpc) is 2.69. The van der Waals surface area contributed by atoms with Crippen molar-refractivity contribution in [3.8, 4) is 11.8 Å². The van der Waals surface area contributed by atoms with Gasteiger partial charge in [-0.05, 0) is 44.9 Å². The first-order valence-corrected chi connectivity index (χ1v) is 10.2. The summed E-state index contributed by atoms with van der Waals surface area (Å²) in [7, 11) is 0. The van der Waals surface area contributed by atoms with Crippen molar-refractivity contribution in [2.45, 2.75) is 11.3 Å². The van der Waals surface area contributed by atoms with E-state index in [1.54, 1.807) is 11.8 Å². The number of fused-ring (bicyclic) bond motifs is 1. The van der Waals surface area contributed by atoms with Crippen molar-refractivity contribution in [2.24, 2.45) is 0 Å². The third kappa shape index (κ3) is 5.03. The van der Waals surface area contributed by atoms with Crippen molar-refractivity contribution in [2.75, 3.05) is 17.7 Å². The Morgan fingerprint density at radius 1 is 1.11 bits per heavy atom. The second-order valence-electron chi connectivity index (χ2n) is 5.69. The van der Waals surface area contributed by atoms with Gasteiger partial charge < -0.3 is 10.1 Å². The largest absolute Gasteiger partial charge is 0.483 e. The van der Waals surface area contributed by atoms with Crippen LogP contribution in [0.15, 0.2) is 70.0 Å². The third-order valence-electron chi connectivity index (χ3n) is 3.82. The number of nitriles is 1. The summed E-state index contributed by atoms with van der Waals surface area (Å²) >= 11 is 5.11. The van der Waals surface area contributed by atoms with Crippen LogP contribution in [0.5, 0.6) is 5.75 Å². The minimum absolute atomic E-state index is 0.0892. The lowest BCUT2D eigenvalue weighted by Gasteiger charge is -2.12. The zero-order chi connectivity index (χ0) is 19.1. The summed E-state index contributed by atoms with van der Waals surface area (Å²) in [5.74, 6) is 1.08. The van der Waals surface area contributed by atoms with Gasteiger partial charge in [0.05, 0.1) is 16.2 Å². The summed E-state index contributed by atoms with van der Waals surface area (Å²) in [5.41, 5.74) is 0.728. The molecular weight excluding hydrogens is 424 g/mol. The van der Waals surface area contributed by atoms with E-state index in [0.717, 1.165) is 25.8 Å². The number of halogens is 1. The Bertz CT molecular complexity index is 1000. The van der Waals surface area contributed by atoms with Gasteiger partial charge in [-0.15, -0.1) is 11.8 Å². The van der Waals surface area contributed by atoms with Gasteiger partial charge in [-0.2, -0.15) is 5.26 Å². The van der Waals surface area contributed by atoms with E-state index in [1.807, 2.05) is 60.7 Å². The first-order chi connectivity index (χ1) is 13.2. The monoisotopic (exact) mass is 440 g/mol. The molecule has 1 N–H and O–H groups in total. The molecule has 0 aromatic heterocycles. The average molecular weight is 441 g/mol. The van der Waals surface area contributed by atoms with Crippen molar-refractivity contribution >= 4 is 50.1 Å². The van der Waals surface area contributed by atoms with Crippen molar-refractivity contribution in [3.05, 3.63) is 65.1 Å². The molecule has 136 valence electrons. The van der Waals surface area contributed by atoms with E-state index < -0.39 is 0 Å². The number of benzene rings is 3. The highest BCUT2D eigenvalue weighted by Crippen LogP contribution is 2.33. The maximum absolute atomic E-state index is 12.3. The Kier molecular flexibility index (Phi) is 6.74. The Hall–Kier alpha value is -2.49. The van der Waals surface area contributed by atoms with Crippen molar-refractivity contribution < 1.29 is 9.53 Å². The summed E-state index contributed by atoms with van der Waals surface area (Å²) < 4.78 is 6.54. The van der Waals surface area contributed by atoms with Crippen molar-refractivity contribution in [1.29, 1.82) is 5.26 Å². The second kappa shape index (κ2) is 9.45. The van der Waals surface area contributed by atoms with Crippen LogP contribution in [-0.2, 0) is 4.79 Å². The first-order valence-electron chi connectivity index (χ1n) is 8.37. The molecule has 3 aromatic rings. The summed E-state index contributed by atoms with van der Waals surface area (Å²) in [6.07, 6.45) is 0.464. The standard InChI is InChI=1S/C21H17BrN2O2S/c22-21-16-7-2-1-6-15(16)10-11-18(21)26-14-20(25)24-17-8-3-4-9-19(17)27-13-5-12-23/h1-4,6-11H,5,13-14H2,(H,24,25). The minimum Gasteiger partial charge on any atom is -0.483 e. The molecule has 0 radical (unpaired) electrons. The highest BCUT2D eigenvalue weighted by atomic mass is 79.9. The van der Waals surface area contributed by atoms with E-state index in [-0.39, 0.29) is 12.5 Å². The normalized spacial score (nSPS) is 10.4. The Morgan fingerprint density at radius 2 is 1.89 bits per heavy atom. The van der Waals surface area contributed by atoms with Gasteiger partial charge in [-0.1, -0.05) is 42.5 Å². The number of carbonyl (C=O) groups is 1. The molecule has 4 nitrogen and oxygen atoms in total. The van der Waals surface area contributed by atoms with Gasteiger partial charge in [0, 0.05) is 17.1 Å². The molecule has 0 fully saturated rings. The second-order valence-corrected chi connectivity index (χ2v) is 7.62. The lowest BCUT2D eigenvalue weighted by atomic mass is 10.1. The van der Waals surface area contributed by atoms with Gasteiger partial charge in [-0.3, -0.25) is 4.79 Å². The summed E-state index contributed by atoms with van der Waals surface area (Å²) in [6.45, 7) is -0.0892. The molecule has 0 bridgehead atoms. The van der Waals surface area contributed by atoms with Crippen LogP contribution in [-0.4, -0.2) is 18.3 Å². The first kappa shape index (κ1) is 19.3. The number of hydrogen-bond acceptors (Lipinski definition) is 4. The molecule has 0 heterocycles. The number of rotatable bonds is 7. The molecular formula is C21H17BrN2O2S. The molecule has 0 saturated carbocycles. The fraction of sp³-hybridized carbons (Fsp3) is 0.143. The SMILES string of the molecule is N#CCCSc1ccccc1NC(=O)COc1ccc2ccccc2c1Br. The molecule has 0 aliphatic carbocycles. The summed E-state index contributed by atoms with van der Waals surface area (Å²) in [4.78, 5) is 13.3. The van der Waals surface area contributed by atoms with E-state index in [1.165, 1.54) is 0 Å². The summed E-state index contributed by atoms with van der Waals surface area (Å²) in [6, 6.07) is 21.5. The number of para-hydroxylation sites is 1. The van der Waals surface area contributed by atoms with E-state index >= 15 is 0 Å². The molecule has 1 amide bonds. The van der Waals surface area contributed by atoms with Gasteiger partial charge in [0.1, 0.15) is 5.75 Å². The molecule has 27 heavy (non-hydrogen) atoms. The predicted molar refractivity (Wildman–Crippen MR) is 113 cm³/mol. The van der Waals surface area contributed by atoms with E-state index in [9.17, 15) is 4.79 Å². The quantitative estimate of drug-likeness (QED) is 0.382. The number of nitrogens with one attached hydrogen (secondary N) is 1. The van der Waals surface area contributed by atoms with Gasteiger partial charge in [0.25, 0.3) is 5.91 Å². The van der Waals surface area contributed by atoms with Crippen LogP contribution in [0.25, 0.3) is 10.8 Å². The van der Waals surface area contributed by atoms with E-state index in [2.05, 4.69) is 27.3 Å². The summed E-state index contributed by atoms with van der Waals surface area (Å²) in [5, 5.41) is 13.7. The number of anilines is 1. The van der Waals surface area contributed by atoms with Crippen LogP contribution in [0, 0.1) is 11.3 Å². The fourth-order valence-electron chi connectivity index (χ4n) is 2.56. The zero-order valence-corrected chi connectivity index (χ0v) is 16.8. The Balaban J connectivity index is 1.64. The third-order valence-corrected chi connectivity index (χ3v) is 5.71. The van der Waals surface area contributed by atoms with Gasteiger partial charge >= 0.3 is 0 Å². The maximum atomic E-state index is 12.3. The number of carbonyl (C=O) groups excluding carboxylic acids is 1. The predicted octanol–water partition coefficient (Wildman–Crippen LogP) is 5.63. The Labute approximate surface area is 170 Å². The Morgan fingerprint density at radius 3 is 2.74 bits per heavy atom. The lowest BCUT2D eigenvalue weighted by Crippen LogP contribution is -2.20. The molecule has 0 atom stereocenters. The topological polar surface area (TPSA) is 62.1 Å². The van der Waals surface area contributed by atoms with E-state index in [0.29, 0.717) is 17.9 Å². The number of ether oxygens (including phenoxy) is 1. The molecule has 0 saturated heterocycles. The minimum atomic E-state index is -0.233. The van der Waals surface area contributed by atoms with Crippen LogP contribution in [0.1, 0.15) is 6.42 Å².